The van der Waals surface area contributed by atoms with E-state index in [4.69, 9.17) is 0 Å². The summed E-state index contributed by atoms with van der Waals surface area (Å²) >= 11 is 1.55. The number of carboxylic acids is 1. The van der Waals surface area contributed by atoms with E-state index in [1.54, 1.807) is 11.8 Å². The molecule has 1 aliphatic heterocycles. The van der Waals surface area contributed by atoms with Crippen LogP contribution in [0.15, 0.2) is 0 Å². The van der Waals surface area contributed by atoms with E-state index in [1.807, 2.05) is 20.8 Å². The van der Waals surface area contributed by atoms with Crippen LogP contribution in [0.25, 0.3) is 0 Å². The molecule has 1 heterocycles. The van der Waals surface area contributed by atoms with Crippen LogP contribution in [-0.2, 0) is 4.79 Å². The highest BCUT2D eigenvalue weighted by Crippen LogP contribution is 2.34. The van der Waals surface area contributed by atoms with Gasteiger partial charge in [0.2, 0.25) is 0 Å². The number of nitrogens with zero attached hydrogens (tertiary/aromatic N) is 1. The van der Waals surface area contributed by atoms with E-state index in [0.29, 0.717) is 11.7 Å². The predicted octanol–water partition coefficient (Wildman–Crippen LogP) is 2.61. The van der Waals surface area contributed by atoms with Gasteiger partial charge in [0.1, 0.15) is 6.04 Å². The first-order valence-corrected chi connectivity index (χ1v) is 8.22. The second-order valence-corrected chi connectivity index (χ2v) is 7.36. The zero-order valence-corrected chi connectivity index (χ0v) is 13.7. The molecule has 116 valence electrons. The number of nitrogens with one attached hydrogen (secondary N) is 1. The van der Waals surface area contributed by atoms with Gasteiger partial charge in [-0.15, -0.1) is 11.8 Å². The number of rotatable bonds is 5. The Bertz CT molecular complexity index is 360. The Labute approximate surface area is 125 Å². The maximum absolute atomic E-state index is 12.4. The van der Waals surface area contributed by atoms with Crippen LogP contribution in [-0.4, -0.2) is 45.2 Å². The Morgan fingerprint density at radius 2 is 1.90 bits per heavy atom. The van der Waals surface area contributed by atoms with Crippen molar-refractivity contribution in [1.82, 2.24) is 10.2 Å². The fourth-order valence-electron chi connectivity index (χ4n) is 2.54. The number of hydrogen-bond acceptors (Lipinski definition) is 3. The normalized spacial score (nSPS) is 24.2. The summed E-state index contributed by atoms with van der Waals surface area (Å²) in [6.45, 7) is 10.2. The predicted molar refractivity (Wildman–Crippen MR) is 81.8 cm³/mol. The van der Waals surface area contributed by atoms with E-state index in [-0.39, 0.29) is 23.4 Å². The average Bonchev–Trinajstić information content (AvgIpc) is 2.71. The molecular formula is C14H26N2O3S. The van der Waals surface area contributed by atoms with Gasteiger partial charge in [0.15, 0.2) is 0 Å². The van der Waals surface area contributed by atoms with Crippen LogP contribution >= 0.6 is 11.8 Å². The maximum atomic E-state index is 12.4. The lowest BCUT2D eigenvalue weighted by molar-refractivity contribution is -0.141. The lowest BCUT2D eigenvalue weighted by Crippen LogP contribution is -2.53. The molecule has 1 saturated heterocycles. The number of amides is 2. The van der Waals surface area contributed by atoms with Crippen molar-refractivity contribution in [3.05, 3.63) is 0 Å². The van der Waals surface area contributed by atoms with Gasteiger partial charge >= 0.3 is 12.0 Å². The Balaban J connectivity index is 2.76. The highest BCUT2D eigenvalue weighted by molar-refractivity contribution is 8.00. The SMILES string of the molecule is CC(C)CC(C)NC(=O)N1C(C(=O)O)CSC1C(C)C. The number of hydrogen-bond donors (Lipinski definition) is 2. The Hall–Kier alpha value is -0.910. The number of carboxylic acid groups (broad SMARTS) is 1. The zero-order chi connectivity index (χ0) is 15.4. The van der Waals surface area contributed by atoms with Gasteiger partial charge in [0, 0.05) is 11.8 Å². The van der Waals surface area contributed by atoms with Gasteiger partial charge in [0.25, 0.3) is 0 Å². The topological polar surface area (TPSA) is 69.6 Å². The zero-order valence-electron chi connectivity index (χ0n) is 12.9. The van der Waals surface area contributed by atoms with Crippen molar-refractivity contribution in [1.29, 1.82) is 0 Å². The first-order chi connectivity index (χ1) is 9.23. The van der Waals surface area contributed by atoms with Crippen molar-refractivity contribution in [3.63, 3.8) is 0 Å². The van der Waals surface area contributed by atoms with Crippen molar-refractivity contribution in [2.24, 2.45) is 11.8 Å². The summed E-state index contributed by atoms with van der Waals surface area (Å²) in [7, 11) is 0. The summed E-state index contributed by atoms with van der Waals surface area (Å²) in [6, 6.07) is -0.928. The third-order valence-corrected chi connectivity index (χ3v) is 4.94. The first-order valence-electron chi connectivity index (χ1n) is 7.17. The molecule has 0 aromatic heterocycles. The molecule has 0 aromatic carbocycles. The van der Waals surface area contributed by atoms with Gasteiger partial charge in [0.05, 0.1) is 5.37 Å². The minimum Gasteiger partial charge on any atom is -0.480 e. The summed E-state index contributed by atoms with van der Waals surface area (Å²) in [6.07, 6.45) is 0.886. The van der Waals surface area contributed by atoms with Crippen LogP contribution in [0.2, 0.25) is 0 Å². The number of thioether (sulfide) groups is 1. The van der Waals surface area contributed by atoms with Crippen molar-refractivity contribution in [2.75, 3.05) is 5.75 Å². The minimum atomic E-state index is -0.924. The molecular weight excluding hydrogens is 276 g/mol. The van der Waals surface area contributed by atoms with Gasteiger partial charge < -0.3 is 10.4 Å². The summed E-state index contributed by atoms with van der Waals surface area (Å²) in [4.78, 5) is 25.2. The van der Waals surface area contributed by atoms with Gasteiger partial charge in [-0.2, -0.15) is 0 Å². The number of urea groups is 1. The van der Waals surface area contributed by atoms with E-state index >= 15 is 0 Å². The first kappa shape index (κ1) is 17.1. The summed E-state index contributed by atoms with van der Waals surface area (Å²) in [5.41, 5.74) is 0. The van der Waals surface area contributed by atoms with E-state index in [9.17, 15) is 14.7 Å². The van der Waals surface area contributed by atoms with Crippen LogP contribution in [0.3, 0.4) is 0 Å². The third-order valence-electron chi connectivity index (χ3n) is 3.32. The molecule has 1 fully saturated rings. The standard InChI is InChI=1S/C14H26N2O3S/c1-8(2)6-10(5)15-14(19)16-11(13(17)18)7-20-12(16)9(3)4/h8-12H,6-7H2,1-5H3,(H,15,19)(H,17,18). The summed E-state index contributed by atoms with van der Waals surface area (Å²) in [5, 5.41) is 12.1. The molecule has 0 bridgehead atoms. The van der Waals surface area contributed by atoms with E-state index in [0.717, 1.165) is 6.42 Å². The molecule has 5 nitrogen and oxygen atoms in total. The number of aliphatic carboxylic acids is 1. The van der Waals surface area contributed by atoms with Crippen molar-refractivity contribution < 1.29 is 14.7 Å². The molecule has 2 N–H and O–H groups in total. The van der Waals surface area contributed by atoms with Gasteiger partial charge in [-0.05, 0) is 25.2 Å². The largest absolute Gasteiger partial charge is 0.480 e. The van der Waals surface area contributed by atoms with Crippen LogP contribution in [0.5, 0.6) is 0 Å². The third kappa shape index (κ3) is 4.30. The minimum absolute atomic E-state index is 0.0513. The molecule has 1 aliphatic rings. The molecule has 0 aromatic rings. The second-order valence-electron chi connectivity index (χ2n) is 6.21. The lowest BCUT2D eigenvalue weighted by Gasteiger charge is -2.31. The summed E-state index contributed by atoms with van der Waals surface area (Å²) in [5.74, 6) is 0.265. The number of carbonyl (C=O) groups is 2. The van der Waals surface area contributed by atoms with Crippen molar-refractivity contribution in [2.45, 2.75) is 58.5 Å². The van der Waals surface area contributed by atoms with Crippen molar-refractivity contribution in [3.8, 4) is 0 Å². The molecule has 0 radical (unpaired) electrons. The monoisotopic (exact) mass is 302 g/mol. The smallest absolute Gasteiger partial charge is 0.327 e. The molecule has 2 amide bonds. The summed E-state index contributed by atoms with van der Waals surface area (Å²) < 4.78 is 0. The fourth-order valence-corrected chi connectivity index (χ4v) is 4.01. The molecule has 1 rings (SSSR count). The van der Waals surface area contributed by atoms with Gasteiger partial charge in [-0.25, -0.2) is 9.59 Å². The molecule has 0 spiro atoms. The number of carbonyl (C=O) groups excluding carboxylic acids is 1. The van der Waals surface area contributed by atoms with E-state index in [1.165, 1.54) is 4.90 Å². The average molecular weight is 302 g/mol. The molecule has 3 unspecified atom stereocenters. The Kier molecular flexibility index (Phi) is 6.17. The molecule has 0 saturated carbocycles. The van der Waals surface area contributed by atoms with Crippen molar-refractivity contribution >= 4 is 23.8 Å². The van der Waals surface area contributed by atoms with Gasteiger partial charge in [-0.3, -0.25) is 4.90 Å². The second kappa shape index (κ2) is 7.20. The van der Waals surface area contributed by atoms with Gasteiger partial charge in [-0.1, -0.05) is 27.7 Å². The molecule has 20 heavy (non-hydrogen) atoms. The highest BCUT2D eigenvalue weighted by atomic mass is 32.2. The molecule has 3 atom stereocenters. The highest BCUT2D eigenvalue weighted by Gasteiger charge is 2.43. The van der Waals surface area contributed by atoms with E-state index in [2.05, 4.69) is 19.2 Å². The van der Waals surface area contributed by atoms with E-state index < -0.39 is 12.0 Å². The Morgan fingerprint density at radius 1 is 1.30 bits per heavy atom. The lowest BCUT2D eigenvalue weighted by atomic mass is 10.1. The van der Waals surface area contributed by atoms with Crippen LogP contribution in [0, 0.1) is 11.8 Å². The molecule has 0 aliphatic carbocycles. The fraction of sp³-hybridized carbons (Fsp3) is 0.857. The Morgan fingerprint density at radius 3 is 2.35 bits per heavy atom. The maximum Gasteiger partial charge on any atom is 0.327 e. The van der Waals surface area contributed by atoms with Crippen LogP contribution < -0.4 is 5.32 Å². The van der Waals surface area contributed by atoms with Crippen LogP contribution in [0.1, 0.15) is 41.0 Å². The van der Waals surface area contributed by atoms with Crippen LogP contribution in [0.4, 0.5) is 4.79 Å². The quantitative estimate of drug-likeness (QED) is 0.819. The molecule has 6 heteroatoms.